The normalized spacial score (nSPS) is 10.4. The minimum absolute atomic E-state index is 0.0299. The van der Waals surface area contributed by atoms with Crippen molar-refractivity contribution in [3.05, 3.63) is 47.3 Å². The summed E-state index contributed by atoms with van der Waals surface area (Å²) < 4.78 is 1.82. The molecule has 0 aliphatic rings. The average Bonchev–Trinajstić information content (AvgIpc) is 2.85. The summed E-state index contributed by atoms with van der Waals surface area (Å²) in [6.07, 6.45) is 2.54. The van der Waals surface area contributed by atoms with Crippen LogP contribution in [0.15, 0.2) is 30.5 Å². The highest BCUT2D eigenvalue weighted by Crippen LogP contribution is 2.15. The van der Waals surface area contributed by atoms with Crippen molar-refractivity contribution in [3.8, 4) is 0 Å². The molecule has 2 aromatic rings. The Kier molecular flexibility index (Phi) is 4.98. The van der Waals surface area contributed by atoms with Crippen molar-refractivity contribution in [3.63, 3.8) is 0 Å². The molecule has 2 N–H and O–H groups in total. The number of nitrogens with one attached hydrogen (secondary N) is 2. The molecule has 0 fully saturated rings. The summed E-state index contributed by atoms with van der Waals surface area (Å²) in [5, 5.41) is 10.3. The molecule has 0 saturated carbocycles. The molecule has 5 nitrogen and oxygen atoms in total. The second-order valence-electron chi connectivity index (χ2n) is 5.01. The van der Waals surface area contributed by atoms with E-state index in [4.69, 9.17) is 0 Å². The lowest BCUT2D eigenvalue weighted by atomic mass is 10.1. The lowest BCUT2D eigenvalue weighted by Crippen LogP contribution is -2.26. The number of nitrogens with zero attached hydrogens (tertiary/aromatic N) is 2. The Bertz CT molecular complexity index is 618. The molecule has 5 heteroatoms. The number of anilines is 1. The number of amides is 1. The van der Waals surface area contributed by atoms with E-state index < -0.39 is 0 Å². The fraction of sp³-hybridized carbons (Fsp3) is 0.375. The molecule has 0 aliphatic carbocycles. The van der Waals surface area contributed by atoms with Gasteiger partial charge in [-0.1, -0.05) is 0 Å². The third kappa shape index (κ3) is 3.84. The maximum atomic E-state index is 12.2. The molecule has 1 aromatic heterocycles. The summed E-state index contributed by atoms with van der Waals surface area (Å²) in [5.74, 6) is -0.0299. The molecule has 1 aromatic carbocycles. The van der Waals surface area contributed by atoms with Crippen molar-refractivity contribution in [2.24, 2.45) is 7.05 Å². The molecular weight excluding hydrogens is 264 g/mol. The molecule has 0 bridgehead atoms. The Morgan fingerprint density at radius 2 is 2.14 bits per heavy atom. The first-order chi connectivity index (χ1) is 10.1. The van der Waals surface area contributed by atoms with Crippen LogP contribution in [0.3, 0.4) is 0 Å². The maximum Gasteiger partial charge on any atom is 0.251 e. The van der Waals surface area contributed by atoms with Gasteiger partial charge < -0.3 is 10.6 Å². The van der Waals surface area contributed by atoms with Gasteiger partial charge in [-0.15, -0.1) is 0 Å². The topological polar surface area (TPSA) is 59.0 Å². The Labute approximate surface area is 125 Å². The van der Waals surface area contributed by atoms with Crippen LogP contribution < -0.4 is 10.6 Å². The van der Waals surface area contributed by atoms with Gasteiger partial charge in [0.1, 0.15) is 0 Å². The first kappa shape index (κ1) is 15.1. The zero-order chi connectivity index (χ0) is 15.2. The third-order valence-electron chi connectivity index (χ3n) is 3.44. The molecule has 0 radical (unpaired) electrons. The predicted molar refractivity (Wildman–Crippen MR) is 84.6 cm³/mol. The lowest BCUT2D eigenvalue weighted by Gasteiger charge is -2.10. The first-order valence-electron chi connectivity index (χ1n) is 7.21. The first-order valence-corrected chi connectivity index (χ1v) is 7.21. The lowest BCUT2D eigenvalue weighted by molar-refractivity contribution is 0.0953. The van der Waals surface area contributed by atoms with Gasteiger partial charge in [0.2, 0.25) is 0 Å². The van der Waals surface area contributed by atoms with Crippen LogP contribution in [-0.4, -0.2) is 28.8 Å². The molecule has 0 unspecified atom stereocenters. The van der Waals surface area contributed by atoms with Crippen molar-refractivity contribution in [2.75, 3.05) is 18.4 Å². The summed E-state index contributed by atoms with van der Waals surface area (Å²) in [4.78, 5) is 12.2. The summed E-state index contributed by atoms with van der Waals surface area (Å²) >= 11 is 0. The van der Waals surface area contributed by atoms with Gasteiger partial charge in [-0.3, -0.25) is 9.48 Å². The Morgan fingerprint density at radius 1 is 1.33 bits per heavy atom. The van der Waals surface area contributed by atoms with E-state index >= 15 is 0 Å². The van der Waals surface area contributed by atoms with Crippen molar-refractivity contribution >= 4 is 11.6 Å². The Balaban J connectivity index is 1.92. The van der Waals surface area contributed by atoms with E-state index in [0.29, 0.717) is 6.54 Å². The number of rotatable bonds is 6. The fourth-order valence-electron chi connectivity index (χ4n) is 2.28. The summed E-state index contributed by atoms with van der Waals surface area (Å²) in [7, 11) is 1.90. The molecule has 1 amide bonds. The summed E-state index contributed by atoms with van der Waals surface area (Å²) in [5.41, 5.74) is 3.85. The molecule has 21 heavy (non-hydrogen) atoms. The number of hydrogen-bond donors (Lipinski definition) is 2. The Hall–Kier alpha value is -2.30. The standard InChI is InChI=1S/C16H22N4O/c1-4-17-13-5-6-15(12(2)11-13)16(21)18-9-7-14-8-10-19-20(14)3/h5-6,8,10-11,17H,4,7,9H2,1-3H3,(H,18,21). The quantitative estimate of drug-likeness (QED) is 0.855. The van der Waals surface area contributed by atoms with Crippen LogP contribution in [0.4, 0.5) is 5.69 Å². The monoisotopic (exact) mass is 286 g/mol. The highest BCUT2D eigenvalue weighted by atomic mass is 16.1. The second kappa shape index (κ2) is 6.92. The van der Waals surface area contributed by atoms with Crippen molar-refractivity contribution < 1.29 is 4.79 Å². The van der Waals surface area contributed by atoms with E-state index in [1.165, 1.54) is 0 Å². The Morgan fingerprint density at radius 3 is 2.76 bits per heavy atom. The fourth-order valence-corrected chi connectivity index (χ4v) is 2.28. The number of benzene rings is 1. The van der Waals surface area contributed by atoms with Gasteiger partial charge in [0.15, 0.2) is 0 Å². The van der Waals surface area contributed by atoms with Gasteiger partial charge in [0.05, 0.1) is 0 Å². The summed E-state index contributed by atoms with van der Waals surface area (Å²) in [6.45, 7) is 5.48. The largest absolute Gasteiger partial charge is 0.385 e. The molecule has 0 atom stereocenters. The van der Waals surface area contributed by atoms with Crippen LogP contribution in [0, 0.1) is 6.92 Å². The van der Waals surface area contributed by atoms with E-state index in [9.17, 15) is 4.79 Å². The van der Waals surface area contributed by atoms with Crippen LogP contribution in [0.2, 0.25) is 0 Å². The summed E-state index contributed by atoms with van der Waals surface area (Å²) in [6, 6.07) is 7.77. The van der Waals surface area contributed by atoms with Crippen LogP contribution in [-0.2, 0) is 13.5 Å². The van der Waals surface area contributed by atoms with Crippen LogP contribution >= 0.6 is 0 Å². The predicted octanol–water partition coefficient (Wildman–Crippen LogP) is 2.13. The van der Waals surface area contributed by atoms with Crippen molar-refractivity contribution in [2.45, 2.75) is 20.3 Å². The van der Waals surface area contributed by atoms with Crippen molar-refractivity contribution in [1.29, 1.82) is 0 Å². The second-order valence-corrected chi connectivity index (χ2v) is 5.01. The van der Waals surface area contributed by atoms with Crippen LogP contribution in [0.25, 0.3) is 0 Å². The number of carbonyl (C=O) groups excluding carboxylic acids is 1. The van der Waals surface area contributed by atoms with Gasteiger partial charge >= 0.3 is 0 Å². The SMILES string of the molecule is CCNc1ccc(C(=O)NCCc2ccnn2C)c(C)c1. The number of hydrogen-bond acceptors (Lipinski definition) is 3. The number of aryl methyl sites for hydroxylation is 2. The smallest absolute Gasteiger partial charge is 0.251 e. The maximum absolute atomic E-state index is 12.2. The highest BCUT2D eigenvalue weighted by Gasteiger charge is 2.09. The zero-order valence-electron chi connectivity index (χ0n) is 12.8. The highest BCUT2D eigenvalue weighted by molar-refractivity contribution is 5.96. The van der Waals surface area contributed by atoms with Gasteiger partial charge in [0.25, 0.3) is 5.91 Å². The van der Waals surface area contributed by atoms with Crippen LogP contribution in [0.1, 0.15) is 28.5 Å². The minimum atomic E-state index is -0.0299. The minimum Gasteiger partial charge on any atom is -0.385 e. The van der Waals surface area contributed by atoms with Gasteiger partial charge in [-0.25, -0.2) is 0 Å². The zero-order valence-corrected chi connectivity index (χ0v) is 12.8. The number of carbonyl (C=O) groups is 1. The molecule has 0 aliphatic heterocycles. The van der Waals surface area contributed by atoms with E-state index in [0.717, 1.165) is 35.5 Å². The molecule has 2 rings (SSSR count). The van der Waals surface area contributed by atoms with Crippen molar-refractivity contribution in [1.82, 2.24) is 15.1 Å². The molecular formula is C16H22N4O. The molecule has 0 spiro atoms. The average molecular weight is 286 g/mol. The van der Waals surface area contributed by atoms with Gasteiger partial charge in [0, 0.05) is 49.7 Å². The molecule has 0 saturated heterocycles. The molecule has 112 valence electrons. The van der Waals surface area contributed by atoms with Crippen LogP contribution in [0.5, 0.6) is 0 Å². The van der Waals surface area contributed by atoms with Gasteiger partial charge in [-0.2, -0.15) is 5.10 Å². The molecule has 1 heterocycles. The number of aromatic nitrogens is 2. The van der Waals surface area contributed by atoms with E-state index in [2.05, 4.69) is 15.7 Å². The van der Waals surface area contributed by atoms with E-state index in [1.807, 2.05) is 49.8 Å². The van der Waals surface area contributed by atoms with Gasteiger partial charge in [-0.05, 0) is 43.7 Å². The van der Waals surface area contributed by atoms with E-state index in [-0.39, 0.29) is 5.91 Å². The van der Waals surface area contributed by atoms with E-state index in [1.54, 1.807) is 6.20 Å². The third-order valence-corrected chi connectivity index (χ3v) is 3.44.